The summed E-state index contributed by atoms with van der Waals surface area (Å²) in [6.45, 7) is 0. The highest BCUT2D eigenvalue weighted by atomic mass is 19.1. The number of rotatable bonds is 3. The fourth-order valence-electron chi connectivity index (χ4n) is 2.24. The predicted molar refractivity (Wildman–Crippen MR) is 80.5 cm³/mol. The summed E-state index contributed by atoms with van der Waals surface area (Å²) in [5.74, 6) is -0.536. The number of pyridine rings is 1. The second kappa shape index (κ2) is 5.71. The minimum atomic E-state index is -0.341. The summed E-state index contributed by atoms with van der Waals surface area (Å²) < 4.78 is 13.1. The van der Waals surface area contributed by atoms with Crippen molar-refractivity contribution in [3.8, 4) is 0 Å². The van der Waals surface area contributed by atoms with E-state index in [-0.39, 0.29) is 18.1 Å². The predicted octanol–water partition coefficient (Wildman–Crippen LogP) is 3.56. The van der Waals surface area contributed by atoms with Gasteiger partial charge in [0.2, 0.25) is 5.91 Å². The van der Waals surface area contributed by atoms with E-state index in [0.29, 0.717) is 11.3 Å². The van der Waals surface area contributed by atoms with E-state index in [9.17, 15) is 9.18 Å². The first-order valence-electron chi connectivity index (χ1n) is 6.59. The van der Waals surface area contributed by atoms with Gasteiger partial charge in [-0.2, -0.15) is 0 Å². The second-order valence-electron chi connectivity index (χ2n) is 4.76. The van der Waals surface area contributed by atoms with Crippen LogP contribution in [0.3, 0.4) is 0 Å². The van der Waals surface area contributed by atoms with Crippen LogP contribution in [-0.4, -0.2) is 10.9 Å². The summed E-state index contributed by atoms with van der Waals surface area (Å²) in [6.07, 6.45) is 3.49. The number of carbonyl (C=O) groups excluding carboxylic acids is 1. The van der Waals surface area contributed by atoms with E-state index in [1.165, 1.54) is 12.1 Å². The molecule has 0 aliphatic heterocycles. The van der Waals surface area contributed by atoms with Crippen LogP contribution in [0.1, 0.15) is 5.56 Å². The fourth-order valence-corrected chi connectivity index (χ4v) is 2.24. The van der Waals surface area contributed by atoms with Crippen LogP contribution in [0.4, 0.5) is 10.1 Å². The molecule has 0 atom stereocenters. The maximum Gasteiger partial charge on any atom is 0.228 e. The van der Waals surface area contributed by atoms with Gasteiger partial charge in [-0.25, -0.2) is 4.39 Å². The number of amides is 1. The Hall–Kier alpha value is -2.75. The van der Waals surface area contributed by atoms with Crippen LogP contribution in [0, 0.1) is 5.82 Å². The van der Waals surface area contributed by atoms with Crippen molar-refractivity contribution in [3.05, 3.63) is 72.3 Å². The van der Waals surface area contributed by atoms with Gasteiger partial charge in [0.05, 0.1) is 18.3 Å². The van der Waals surface area contributed by atoms with Gasteiger partial charge in [0.15, 0.2) is 0 Å². The van der Waals surface area contributed by atoms with E-state index in [4.69, 9.17) is 0 Å². The standard InChI is InChI=1S/C17H13FN2O/c18-14-6-3-4-12(8-14)9-17(21)20-16-11-19-10-13-5-1-2-7-15(13)16/h1-8,10-11H,9H2,(H,20,21). The summed E-state index contributed by atoms with van der Waals surface area (Å²) in [7, 11) is 0. The Labute approximate surface area is 121 Å². The van der Waals surface area contributed by atoms with Gasteiger partial charge in [-0.1, -0.05) is 36.4 Å². The van der Waals surface area contributed by atoms with Gasteiger partial charge in [0.25, 0.3) is 0 Å². The molecule has 0 unspecified atom stereocenters. The molecule has 0 saturated carbocycles. The first kappa shape index (κ1) is 13.2. The van der Waals surface area contributed by atoms with Crippen molar-refractivity contribution in [2.24, 2.45) is 0 Å². The van der Waals surface area contributed by atoms with Crippen LogP contribution in [0.2, 0.25) is 0 Å². The molecule has 0 spiro atoms. The maximum absolute atomic E-state index is 13.1. The zero-order chi connectivity index (χ0) is 14.7. The molecular formula is C17H13FN2O. The van der Waals surface area contributed by atoms with Gasteiger partial charge in [0.1, 0.15) is 5.82 Å². The van der Waals surface area contributed by atoms with E-state index in [1.807, 2.05) is 24.3 Å². The van der Waals surface area contributed by atoms with Gasteiger partial charge in [-0.3, -0.25) is 9.78 Å². The second-order valence-corrected chi connectivity index (χ2v) is 4.76. The molecule has 104 valence electrons. The van der Waals surface area contributed by atoms with Crippen LogP contribution in [-0.2, 0) is 11.2 Å². The van der Waals surface area contributed by atoms with E-state index in [0.717, 1.165) is 10.8 Å². The zero-order valence-corrected chi connectivity index (χ0v) is 11.2. The van der Waals surface area contributed by atoms with E-state index in [2.05, 4.69) is 10.3 Å². The molecule has 1 amide bonds. The Kier molecular flexibility index (Phi) is 3.60. The van der Waals surface area contributed by atoms with Crippen molar-refractivity contribution >= 4 is 22.4 Å². The SMILES string of the molecule is O=C(Cc1cccc(F)c1)Nc1cncc2ccccc12. The van der Waals surface area contributed by atoms with Crippen molar-refractivity contribution in [2.75, 3.05) is 5.32 Å². The number of hydrogen-bond donors (Lipinski definition) is 1. The summed E-state index contributed by atoms with van der Waals surface area (Å²) in [5.41, 5.74) is 1.30. The monoisotopic (exact) mass is 280 g/mol. The Balaban J connectivity index is 1.80. The molecule has 2 aromatic carbocycles. The van der Waals surface area contributed by atoms with Gasteiger partial charge in [0, 0.05) is 17.0 Å². The van der Waals surface area contributed by atoms with Crippen molar-refractivity contribution in [3.63, 3.8) is 0 Å². The Bertz CT molecular complexity index is 796. The molecule has 21 heavy (non-hydrogen) atoms. The average molecular weight is 280 g/mol. The first-order chi connectivity index (χ1) is 10.2. The number of hydrogen-bond acceptors (Lipinski definition) is 2. The maximum atomic E-state index is 13.1. The molecule has 3 nitrogen and oxygen atoms in total. The Morgan fingerprint density at radius 3 is 2.81 bits per heavy atom. The first-order valence-corrected chi connectivity index (χ1v) is 6.59. The lowest BCUT2D eigenvalue weighted by Crippen LogP contribution is -2.14. The highest BCUT2D eigenvalue weighted by Crippen LogP contribution is 2.21. The third kappa shape index (κ3) is 3.05. The van der Waals surface area contributed by atoms with Crippen molar-refractivity contribution in [1.82, 2.24) is 4.98 Å². The lowest BCUT2D eigenvalue weighted by atomic mass is 10.1. The molecule has 0 aliphatic rings. The van der Waals surface area contributed by atoms with Crippen molar-refractivity contribution in [2.45, 2.75) is 6.42 Å². The topological polar surface area (TPSA) is 42.0 Å². The van der Waals surface area contributed by atoms with Gasteiger partial charge >= 0.3 is 0 Å². The summed E-state index contributed by atoms with van der Waals surface area (Å²) in [4.78, 5) is 16.2. The molecule has 0 fully saturated rings. The van der Waals surface area contributed by atoms with Crippen LogP contribution >= 0.6 is 0 Å². The number of halogens is 1. The number of nitrogens with one attached hydrogen (secondary N) is 1. The Morgan fingerprint density at radius 2 is 1.95 bits per heavy atom. The van der Waals surface area contributed by atoms with E-state index < -0.39 is 0 Å². The molecule has 3 aromatic rings. The number of fused-ring (bicyclic) bond motifs is 1. The molecule has 1 N–H and O–H groups in total. The molecule has 1 aromatic heterocycles. The van der Waals surface area contributed by atoms with Crippen molar-refractivity contribution < 1.29 is 9.18 Å². The summed E-state index contributed by atoms with van der Waals surface area (Å²) >= 11 is 0. The average Bonchev–Trinajstić information content (AvgIpc) is 2.47. The highest BCUT2D eigenvalue weighted by molar-refractivity contribution is 6.02. The lowest BCUT2D eigenvalue weighted by molar-refractivity contribution is -0.115. The van der Waals surface area contributed by atoms with Crippen LogP contribution in [0.25, 0.3) is 10.8 Å². The molecule has 0 saturated heterocycles. The van der Waals surface area contributed by atoms with Crippen LogP contribution < -0.4 is 5.32 Å². The summed E-state index contributed by atoms with van der Waals surface area (Å²) in [5, 5.41) is 4.72. The highest BCUT2D eigenvalue weighted by Gasteiger charge is 2.07. The molecule has 0 aliphatic carbocycles. The lowest BCUT2D eigenvalue weighted by Gasteiger charge is -2.08. The number of anilines is 1. The largest absolute Gasteiger partial charge is 0.324 e. The van der Waals surface area contributed by atoms with E-state index >= 15 is 0 Å². The minimum Gasteiger partial charge on any atom is -0.324 e. The molecule has 3 rings (SSSR count). The molecule has 4 heteroatoms. The third-order valence-electron chi connectivity index (χ3n) is 3.20. The van der Waals surface area contributed by atoms with E-state index in [1.54, 1.807) is 24.5 Å². The molecule has 1 heterocycles. The van der Waals surface area contributed by atoms with Gasteiger partial charge in [-0.05, 0) is 17.7 Å². The quantitative estimate of drug-likeness (QED) is 0.797. The zero-order valence-electron chi connectivity index (χ0n) is 11.2. The molecular weight excluding hydrogens is 267 g/mol. The third-order valence-corrected chi connectivity index (χ3v) is 3.20. The fraction of sp³-hybridized carbons (Fsp3) is 0.0588. The Morgan fingerprint density at radius 1 is 1.10 bits per heavy atom. The van der Waals surface area contributed by atoms with Gasteiger partial charge in [-0.15, -0.1) is 0 Å². The number of nitrogens with zero attached hydrogens (tertiary/aromatic N) is 1. The normalized spacial score (nSPS) is 10.5. The summed E-state index contributed by atoms with van der Waals surface area (Å²) in [6, 6.07) is 13.7. The molecule has 0 radical (unpaired) electrons. The molecule has 0 bridgehead atoms. The minimum absolute atomic E-state index is 0.126. The van der Waals surface area contributed by atoms with Crippen LogP contribution in [0.5, 0.6) is 0 Å². The van der Waals surface area contributed by atoms with Crippen molar-refractivity contribution in [1.29, 1.82) is 0 Å². The smallest absolute Gasteiger partial charge is 0.228 e. The van der Waals surface area contributed by atoms with Gasteiger partial charge < -0.3 is 5.32 Å². The van der Waals surface area contributed by atoms with Crippen LogP contribution in [0.15, 0.2) is 60.9 Å². The number of aromatic nitrogens is 1. The number of carbonyl (C=O) groups is 1. The number of benzene rings is 2.